The van der Waals surface area contributed by atoms with Crippen LogP contribution in [0.2, 0.25) is 0 Å². The van der Waals surface area contributed by atoms with Crippen LogP contribution in [0.3, 0.4) is 0 Å². The first kappa shape index (κ1) is 14.8. The average Bonchev–Trinajstić information content (AvgIpc) is 2.26. The van der Waals surface area contributed by atoms with Crippen molar-refractivity contribution < 1.29 is 5.11 Å². The number of halogens is 1. The Kier molecular flexibility index (Phi) is 7.88. The highest BCUT2D eigenvalue weighted by Crippen LogP contribution is 2.20. The van der Waals surface area contributed by atoms with Crippen molar-refractivity contribution in [2.75, 3.05) is 12.9 Å². The molecule has 0 unspecified atom stereocenters. The maximum Gasteiger partial charge on any atom is 0.0431 e. The first-order valence-electron chi connectivity index (χ1n) is 4.78. The Morgan fingerprint density at radius 2 is 1.93 bits per heavy atom. The van der Waals surface area contributed by atoms with Crippen molar-refractivity contribution in [2.24, 2.45) is 5.73 Å². The summed E-state index contributed by atoms with van der Waals surface area (Å²) >= 11 is 1.73. The Labute approximate surface area is 102 Å². The normalized spacial score (nSPS) is 11.9. The molecule has 1 aromatic rings. The molecule has 1 aromatic carbocycles. The number of hydrogen-bond donors (Lipinski definition) is 2. The summed E-state index contributed by atoms with van der Waals surface area (Å²) in [7, 11) is 0. The number of aliphatic hydroxyl groups is 1. The van der Waals surface area contributed by atoms with E-state index in [1.54, 1.807) is 11.8 Å². The lowest BCUT2D eigenvalue weighted by molar-refractivity contribution is 0.280. The molecule has 86 valence electrons. The highest BCUT2D eigenvalue weighted by molar-refractivity contribution is 7.98. The SMILES string of the molecule is CSc1ccc([C@H](N)CCCO)cc1.Cl. The van der Waals surface area contributed by atoms with Gasteiger partial charge in [0.2, 0.25) is 0 Å². The molecule has 0 bridgehead atoms. The monoisotopic (exact) mass is 247 g/mol. The van der Waals surface area contributed by atoms with Crippen LogP contribution in [0, 0.1) is 0 Å². The third-order valence-corrected chi connectivity index (χ3v) is 2.96. The summed E-state index contributed by atoms with van der Waals surface area (Å²) in [4.78, 5) is 1.25. The highest BCUT2D eigenvalue weighted by Gasteiger charge is 2.04. The van der Waals surface area contributed by atoms with Gasteiger partial charge in [0.1, 0.15) is 0 Å². The van der Waals surface area contributed by atoms with E-state index < -0.39 is 0 Å². The Hall–Kier alpha value is -0.220. The molecule has 0 amide bonds. The summed E-state index contributed by atoms with van der Waals surface area (Å²) < 4.78 is 0. The third-order valence-electron chi connectivity index (χ3n) is 2.22. The topological polar surface area (TPSA) is 46.2 Å². The lowest BCUT2D eigenvalue weighted by atomic mass is 10.0. The van der Waals surface area contributed by atoms with Gasteiger partial charge in [-0.15, -0.1) is 24.2 Å². The van der Waals surface area contributed by atoms with E-state index in [1.807, 2.05) is 0 Å². The third kappa shape index (κ3) is 4.89. The minimum atomic E-state index is 0. The number of nitrogens with two attached hydrogens (primary N) is 1. The molecule has 1 atom stereocenters. The van der Waals surface area contributed by atoms with Gasteiger partial charge >= 0.3 is 0 Å². The molecule has 0 aliphatic rings. The Bertz CT molecular complexity index is 266. The summed E-state index contributed by atoms with van der Waals surface area (Å²) in [6.07, 6.45) is 3.67. The number of thioether (sulfide) groups is 1. The second-order valence-corrected chi connectivity index (χ2v) is 4.13. The van der Waals surface area contributed by atoms with Crippen molar-refractivity contribution >= 4 is 24.2 Å². The number of hydrogen-bond acceptors (Lipinski definition) is 3. The molecular weight excluding hydrogens is 230 g/mol. The standard InChI is InChI=1S/C11H17NOS.ClH/c1-14-10-6-4-9(5-7-10)11(12)3-2-8-13;/h4-7,11,13H,2-3,8,12H2,1H3;1H/t11-;/m1./s1. The van der Waals surface area contributed by atoms with Gasteiger partial charge < -0.3 is 10.8 Å². The van der Waals surface area contributed by atoms with Crippen molar-refractivity contribution in [2.45, 2.75) is 23.8 Å². The molecular formula is C11H18ClNOS. The second-order valence-electron chi connectivity index (χ2n) is 3.25. The molecule has 1 rings (SSSR count). The number of rotatable bonds is 5. The van der Waals surface area contributed by atoms with E-state index in [0.717, 1.165) is 18.4 Å². The highest BCUT2D eigenvalue weighted by atomic mass is 35.5. The quantitative estimate of drug-likeness (QED) is 0.787. The van der Waals surface area contributed by atoms with Crippen LogP contribution in [0.5, 0.6) is 0 Å². The van der Waals surface area contributed by atoms with Gasteiger partial charge in [0.15, 0.2) is 0 Å². The number of benzene rings is 1. The fourth-order valence-electron chi connectivity index (χ4n) is 1.33. The predicted octanol–water partition coefficient (Wildman–Crippen LogP) is 2.60. The zero-order valence-electron chi connectivity index (χ0n) is 8.85. The molecule has 0 fully saturated rings. The van der Waals surface area contributed by atoms with Crippen LogP contribution in [0.15, 0.2) is 29.2 Å². The van der Waals surface area contributed by atoms with E-state index in [4.69, 9.17) is 10.8 Å². The minimum absolute atomic E-state index is 0. The van der Waals surface area contributed by atoms with Crippen LogP contribution >= 0.6 is 24.2 Å². The lowest BCUT2D eigenvalue weighted by Gasteiger charge is -2.11. The largest absolute Gasteiger partial charge is 0.396 e. The fraction of sp³-hybridized carbons (Fsp3) is 0.455. The van der Waals surface area contributed by atoms with Crippen molar-refractivity contribution in [3.8, 4) is 0 Å². The molecule has 0 spiro atoms. The van der Waals surface area contributed by atoms with Crippen LogP contribution in [0.25, 0.3) is 0 Å². The van der Waals surface area contributed by atoms with Gasteiger partial charge in [0, 0.05) is 17.5 Å². The zero-order chi connectivity index (χ0) is 10.4. The van der Waals surface area contributed by atoms with Crippen molar-refractivity contribution in [3.05, 3.63) is 29.8 Å². The van der Waals surface area contributed by atoms with Gasteiger partial charge in [0.05, 0.1) is 0 Å². The molecule has 4 heteroatoms. The molecule has 0 aliphatic carbocycles. The second kappa shape index (κ2) is 7.99. The molecule has 0 saturated carbocycles. The molecule has 0 saturated heterocycles. The summed E-state index contributed by atoms with van der Waals surface area (Å²) in [5, 5.41) is 8.69. The summed E-state index contributed by atoms with van der Waals surface area (Å²) in [5.74, 6) is 0. The van der Waals surface area contributed by atoms with Crippen LogP contribution in [-0.4, -0.2) is 18.0 Å². The first-order chi connectivity index (χ1) is 6.77. The molecule has 3 N–H and O–H groups in total. The fourth-order valence-corrected chi connectivity index (χ4v) is 1.74. The molecule has 0 aromatic heterocycles. The van der Waals surface area contributed by atoms with Crippen LogP contribution in [0.4, 0.5) is 0 Å². The number of aliphatic hydroxyl groups excluding tert-OH is 1. The van der Waals surface area contributed by atoms with Gasteiger partial charge in [-0.2, -0.15) is 0 Å². The van der Waals surface area contributed by atoms with Gasteiger partial charge in [-0.25, -0.2) is 0 Å². The van der Waals surface area contributed by atoms with Crippen molar-refractivity contribution in [1.29, 1.82) is 0 Å². The summed E-state index contributed by atoms with van der Waals surface area (Å²) in [6, 6.07) is 8.34. The first-order valence-corrected chi connectivity index (χ1v) is 6.00. The van der Waals surface area contributed by atoms with E-state index >= 15 is 0 Å². The molecule has 2 nitrogen and oxygen atoms in total. The summed E-state index contributed by atoms with van der Waals surface area (Å²) in [6.45, 7) is 0.219. The maximum atomic E-state index is 8.69. The van der Waals surface area contributed by atoms with Crippen LogP contribution < -0.4 is 5.73 Å². The van der Waals surface area contributed by atoms with E-state index in [2.05, 4.69) is 30.5 Å². The van der Waals surface area contributed by atoms with Gasteiger partial charge in [-0.3, -0.25) is 0 Å². The smallest absolute Gasteiger partial charge is 0.0431 e. The Morgan fingerprint density at radius 1 is 1.33 bits per heavy atom. The van der Waals surface area contributed by atoms with Gasteiger partial charge in [-0.1, -0.05) is 12.1 Å². The minimum Gasteiger partial charge on any atom is -0.396 e. The van der Waals surface area contributed by atoms with Gasteiger partial charge in [-0.05, 0) is 36.8 Å². The van der Waals surface area contributed by atoms with Crippen molar-refractivity contribution in [1.82, 2.24) is 0 Å². The van der Waals surface area contributed by atoms with Crippen LogP contribution in [0.1, 0.15) is 24.4 Å². The molecule has 0 heterocycles. The Balaban J connectivity index is 0.00000196. The van der Waals surface area contributed by atoms with E-state index in [1.165, 1.54) is 4.90 Å². The lowest BCUT2D eigenvalue weighted by Crippen LogP contribution is -2.10. The predicted molar refractivity (Wildman–Crippen MR) is 68.7 cm³/mol. The molecule has 15 heavy (non-hydrogen) atoms. The van der Waals surface area contributed by atoms with E-state index in [9.17, 15) is 0 Å². The molecule has 0 radical (unpaired) electrons. The Morgan fingerprint density at radius 3 is 2.40 bits per heavy atom. The maximum absolute atomic E-state index is 8.69. The van der Waals surface area contributed by atoms with Crippen LogP contribution in [-0.2, 0) is 0 Å². The van der Waals surface area contributed by atoms with Crippen molar-refractivity contribution in [3.63, 3.8) is 0 Å². The molecule has 0 aliphatic heterocycles. The summed E-state index contributed by atoms with van der Waals surface area (Å²) in [5.41, 5.74) is 7.10. The average molecular weight is 248 g/mol. The zero-order valence-corrected chi connectivity index (χ0v) is 10.5. The van der Waals surface area contributed by atoms with Gasteiger partial charge in [0.25, 0.3) is 0 Å². The van der Waals surface area contributed by atoms with E-state index in [-0.39, 0.29) is 25.1 Å². The van der Waals surface area contributed by atoms with E-state index in [0.29, 0.717) is 0 Å².